The fourth-order valence-corrected chi connectivity index (χ4v) is 2.28. The molecule has 0 unspecified atom stereocenters. The summed E-state index contributed by atoms with van der Waals surface area (Å²) in [5.74, 6) is -0.941. The van der Waals surface area contributed by atoms with E-state index in [1.54, 1.807) is 30.9 Å². The predicted octanol–water partition coefficient (Wildman–Crippen LogP) is 2.49. The van der Waals surface area contributed by atoms with Crippen LogP contribution in [0.3, 0.4) is 0 Å². The minimum atomic E-state index is -0.941. The van der Waals surface area contributed by atoms with E-state index < -0.39 is 5.97 Å². The molecule has 1 N–H and O–H groups in total. The zero-order chi connectivity index (χ0) is 14.1. The summed E-state index contributed by atoms with van der Waals surface area (Å²) >= 11 is 0. The highest BCUT2D eigenvalue weighted by molar-refractivity contribution is 6.01. The Morgan fingerprint density at radius 3 is 2.95 bits per heavy atom. The van der Waals surface area contributed by atoms with Gasteiger partial charge in [-0.15, -0.1) is 0 Å². The SMILES string of the molecule is Cc1cnccc1Cn1cnc2cccc(C(=O)O)c21. The average molecular weight is 267 g/mol. The fraction of sp³-hybridized carbons (Fsp3) is 0.133. The van der Waals surface area contributed by atoms with Crippen LogP contribution in [0, 0.1) is 6.92 Å². The summed E-state index contributed by atoms with van der Waals surface area (Å²) in [5, 5.41) is 9.30. The molecule has 0 radical (unpaired) electrons. The first kappa shape index (κ1) is 12.3. The summed E-state index contributed by atoms with van der Waals surface area (Å²) in [6.45, 7) is 2.56. The van der Waals surface area contributed by atoms with E-state index in [9.17, 15) is 9.90 Å². The van der Waals surface area contributed by atoms with Crippen LogP contribution in [0.15, 0.2) is 43.0 Å². The Hall–Kier alpha value is -2.69. The molecule has 2 heterocycles. The fourth-order valence-electron chi connectivity index (χ4n) is 2.28. The molecule has 0 aliphatic rings. The number of carbonyl (C=O) groups is 1. The maximum atomic E-state index is 11.3. The third-order valence-corrected chi connectivity index (χ3v) is 3.35. The van der Waals surface area contributed by atoms with E-state index in [4.69, 9.17) is 0 Å². The Kier molecular flexibility index (Phi) is 2.95. The molecule has 5 heteroatoms. The molecule has 3 rings (SSSR count). The standard InChI is InChI=1S/C15H13N3O2/c1-10-7-16-6-5-11(10)8-18-9-17-13-4-2-3-12(14(13)18)15(19)20/h2-7,9H,8H2,1H3,(H,19,20). The molecule has 0 spiro atoms. The number of hydrogen-bond donors (Lipinski definition) is 1. The molecule has 2 aromatic heterocycles. The van der Waals surface area contributed by atoms with Crippen molar-refractivity contribution in [1.29, 1.82) is 0 Å². The molecule has 100 valence electrons. The largest absolute Gasteiger partial charge is 0.478 e. The molecule has 0 aliphatic carbocycles. The Bertz CT molecular complexity index is 793. The van der Waals surface area contributed by atoms with Crippen LogP contribution in [0.25, 0.3) is 11.0 Å². The molecule has 0 saturated heterocycles. The van der Waals surface area contributed by atoms with E-state index >= 15 is 0 Å². The van der Waals surface area contributed by atoms with Gasteiger partial charge in [-0.2, -0.15) is 0 Å². The van der Waals surface area contributed by atoms with Gasteiger partial charge in [-0.25, -0.2) is 9.78 Å². The Morgan fingerprint density at radius 1 is 1.35 bits per heavy atom. The minimum Gasteiger partial charge on any atom is -0.478 e. The van der Waals surface area contributed by atoms with Gasteiger partial charge in [0.25, 0.3) is 0 Å². The van der Waals surface area contributed by atoms with Crippen LogP contribution in [0.1, 0.15) is 21.5 Å². The maximum Gasteiger partial charge on any atom is 0.337 e. The third kappa shape index (κ3) is 2.03. The van der Waals surface area contributed by atoms with Crippen molar-refractivity contribution >= 4 is 17.0 Å². The number of rotatable bonds is 3. The summed E-state index contributed by atoms with van der Waals surface area (Å²) in [5.41, 5.74) is 3.78. The molecule has 0 aliphatic heterocycles. The molecule has 5 nitrogen and oxygen atoms in total. The van der Waals surface area contributed by atoms with E-state index in [1.165, 1.54) is 0 Å². The van der Waals surface area contributed by atoms with Crippen LogP contribution in [0.2, 0.25) is 0 Å². The molecule has 0 saturated carbocycles. The molecule has 0 atom stereocenters. The second kappa shape index (κ2) is 4.77. The van der Waals surface area contributed by atoms with Gasteiger partial charge >= 0.3 is 5.97 Å². The number of benzene rings is 1. The molecule has 20 heavy (non-hydrogen) atoms. The van der Waals surface area contributed by atoms with Gasteiger partial charge in [-0.05, 0) is 36.2 Å². The number of pyridine rings is 1. The molecule has 0 bridgehead atoms. The van der Waals surface area contributed by atoms with Crippen molar-refractivity contribution in [2.75, 3.05) is 0 Å². The lowest BCUT2D eigenvalue weighted by molar-refractivity contribution is 0.0698. The van der Waals surface area contributed by atoms with Crippen LogP contribution in [-0.4, -0.2) is 25.6 Å². The van der Waals surface area contributed by atoms with Crippen molar-refractivity contribution in [2.45, 2.75) is 13.5 Å². The van der Waals surface area contributed by atoms with E-state index in [1.807, 2.05) is 23.6 Å². The number of para-hydroxylation sites is 1. The summed E-state index contributed by atoms with van der Waals surface area (Å²) in [7, 11) is 0. The number of carboxylic acid groups (broad SMARTS) is 1. The van der Waals surface area contributed by atoms with Gasteiger partial charge in [0, 0.05) is 18.9 Å². The molecule has 3 aromatic rings. The van der Waals surface area contributed by atoms with Crippen molar-refractivity contribution in [3.8, 4) is 0 Å². The van der Waals surface area contributed by atoms with Crippen LogP contribution in [-0.2, 0) is 6.54 Å². The zero-order valence-electron chi connectivity index (χ0n) is 10.9. The van der Waals surface area contributed by atoms with Gasteiger partial charge in [0.2, 0.25) is 0 Å². The summed E-state index contributed by atoms with van der Waals surface area (Å²) in [6.07, 6.45) is 5.21. The van der Waals surface area contributed by atoms with Crippen LogP contribution in [0.5, 0.6) is 0 Å². The molecule has 1 aromatic carbocycles. The van der Waals surface area contributed by atoms with Crippen LogP contribution in [0.4, 0.5) is 0 Å². The lowest BCUT2D eigenvalue weighted by Crippen LogP contribution is -2.05. The van der Waals surface area contributed by atoms with E-state index in [0.29, 0.717) is 17.6 Å². The number of hydrogen-bond acceptors (Lipinski definition) is 3. The van der Waals surface area contributed by atoms with Crippen LogP contribution < -0.4 is 0 Å². The highest BCUT2D eigenvalue weighted by atomic mass is 16.4. The number of aromatic carboxylic acids is 1. The summed E-state index contributed by atoms with van der Waals surface area (Å²) in [4.78, 5) is 19.7. The number of aryl methyl sites for hydroxylation is 1. The summed E-state index contributed by atoms with van der Waals surface area (Å²) in [6, 6.07) is 7.06. The van der Waals surface area contributed by atoms with Crippen molar-refractivity contribution in [1.82, 2.24) is 14.5 Å². The quantitative estimate of drug-likeness (QED) is 0.791. The van der Waals surface area contributed by atoms with Crippen molar-refractivity contribution in [2.24, 2.45) is 0 Å². The monoisotopic (exact) mass is 267 g/mol. The zero-order valence-corrected chi connectivity index (χ0v) is 10.9. The molecular weight excluding hydrogens is 254 g/mol. The van der Waals surface area contributed by atoms with Gasteiger partial charge in [0.1, 0.15) is 0 Å². The number of fused-ring (bicyclic) bond motifs is 1. The highest BCUT2D eigenvalue weighted by Gasteiger charge is 2.13. The van der Waals surface area contributed by atoms with E-state index in [-0.39, 0.29) is 5.56 Å². The Morgan fingerprint density at radius 2 is 2.20 bits per heavy atom. The highest BCUT2D eigenvalue weighted by Crippen LogP contribution is 2.20. The number of aromatic nitrogens is 3. The smallest absolute Gasteiger partial charge is 0.337 e. The average Bonchev–Trinajstić information content (AvgIpc) is 2.84. The second-order valence-electron chi connectivity index (χ2n) is 4.65. The normalized spacial score (nSPS) is 10.8. The van der Waals surface area contributed by atoms with Gasteiger partial charge in [0.05, 0.1) is 22.9 Å². The predicted molar refractivity (Wildman–Crippen MR) is 74.8 cm³/mol. The number of carboxylic acids is 1. The first-order valence-electron chi connectivity index (χ1n) is 6.23. The molecule has 0 fully saturated rings. The minimum absolute atomic E-state index is 0.270. The van der Waals surface area contributed by atoms with Gasteiger partial charge in [-0.1, -0.05) is 6.07 Å². The van der Waals surface area contributed by atoms with Crippen molar-refractivity contribution < 1.29 is 9.90 Å². The van der Waals surface area contributed by atoms with Crippen molar-refractivity contribution in [3.05, 3.63) is 59.7 Å². The second-order valence-corrected chi connectivity index (χ2v) is 4.65. The van der Waals surface area contributed by atoms with E-state index in [0.717, 1.165) is 11.1 Å². The Balaban J connectivity index is 2.13. The molecular formula is C15H13N3O2. The van der Waals surface area contributed by atoms with Gasteiger partial charge in [0.15, 0.2) is 0 Å². The third-order valence-electron chi connectivity index (χ3n) is 3.35. The lowest BCUT2D eigenvalue weighted by Gasteiger charge is -2.08. The van der Waals surface area contributed by atoms with Gasteiger partial charge in [-0.3, -0.25) is 4.98 Å². The first-order chi connectivity index (χ1) is 9.66. The lowest BCUT2D eigenvalue weighted by atomic mass is 10.1. The summed E-state index contributed by atoms with van der Waals surface area (Å²) < 4.78 is 1.86. The van der Waals surface area contributed by atoms with Crippen LogP contribution >= 0.6 is 0 Å². The Labute approximate surface area is 115 Å². The maximum absolute atomic E-state index is 11.3. The number of imidazole rings is 1. The van der Waals surface area contributed by atoms with Gasteiger partial charge < -0.3 is 9.67 Å². The first-order valence-corrected chi connectivity index (χ1v) is 6.23. The van der Waals surface area contributed by atoms with Crippen molar-refractivity contribution in [3.63, 3.8) is 0 Å². The topological polar surface area (TPSA) is 68.0 Å². The number of nitrogens with zero attached hydrogens (tertiary/aromatic N) is 3. The molecule has 0 amide bonds. The van der Waals surface area contributed by atoms with E-state index in [2.05, 4.69) is 9.97 Å².